The minimum atomic E-state index is -1.52. The molecule has 1 amide bonds. The van der Waals surface area contributed by atoms with Crippen LogP contribution < -0.4 is 15.6 Å². The monoisotopic (exact) mass is 736 g/mol. The van der Waals surface area contributed by atoms with E-state index < -0.39 is 17.6 Å². The molecule has 13 heteroatoms. The van der Waals surface area contributed by atoms with Crippen LogP contribution in [0.25, 0.3) is 10.4 Å². The van der Waals surface area contributed by atoms with E-state index in [-0.39, 0.29) is 32.0 Å². The molecule has 0 spiro atoms. The molecular formula is C34H31BrCl2N6O4. The number of hydrogen-bond donors (Lipinski definition) is 3. The van der Waals surface area contributed by atoms with E-state index in [4.69, 9.17) is 48.3 Å². The lowest BCUT2D eigenvalue weighted by Gasteiger charge is -2.32. The summed E-state index contributed by atoms with van der Waals surface area (Å²) >= 11 is 16.1. The highest BCUT2D eigenvalue weighted by molar-refractivity contribution is 9.10. The lowest BCUT2D eigenvalue weighted by atomic mass is 9.80. The van der Waals surface area contributed by atoms with Crippen molar-refractivity contribution in [2.75, 3.05) is 13.2 Å². The highest BCUT2D eigenvalue weighted by atomic mass is 79.9. The van der Waals surface area contributed by atoms with Gasteiger partial charge in [0.15, 0.2) is 11.6 Å². The topological polar surface area (TPSA) is 141 Å². The minimum absolute atomic E-state index is 0.0363. The molecule has 4 aromatic rings. The van der Waals surface area contributed by atoms with Crippen LogP contribution in [0.1, 0.15) is 40.3 Å². The van der Waals surface area contributed by atoms with Crippen LogP contribution in [-0.4, -0.2) is 35.7 Å². The van der Waals surface area contributed by atoms with Gasteiger partial charge in [-0.05, 0) is 70.2 Å². The average Bonchev–Trinajstić information content (AvgIpc) is 3.46. The molecule has 242 valence electrons. The summed E-state index contributed by atoms with van der Waals surface area (Å²) in [5, 5.41) is 13.8. The number of hydrogen-bond acceptors (Lipinski definition) is 7. The van der Waals surface area contributed by atoms with Crippen LogP contribution in [0.3, 0.4) is 0 Å². The quantitative estimate of drug-likeness (QED) is 0.0401. The number of nitrogens with zero attached hydrogens (tertiary/aromatic N) is 4. The van der Waals surface area contributed by atoms with Crippen LogP contribution in [0.5, 0.6) is 5.75 Å². The van der Waals surface area contributed by atoms with Gasteiger partial charge in [0.2, 0.25) is 5.90 Å². The van der Waals surface area contributed by atoms with Gasteiger partial charge in [0, 0.05) is 51.0 Å². The maximum absolute atomic E-state index is 14.5. The lowest BCUT2D eigenvalue weighted by Crippen LogP contribution is -2.53. The van der Waals surface area contributed by atoms with Crippen molar-refractivity contribution >= 4 is 50.9 Å². The third kappa shape index (κ3) is 8.26. The number of aliphatic imine (C=N–C) groups is 1. The molecule has 1 heterocycles. The number of nitrogens with one attached hydrogen (secondary N) is 2. The number of halogens is 3. The molecule has 4 aromatic carbocycles. The first-order valence-corrected chi connectivity index (χ1v) is 16.3. The first-order chi connectivity index (χ1) is 22.8. The first kappa shape index (κ1) is 34.3. The smallest absolute Gasteiger partial charge is 0.266 e. The van der Waals surface area contributed by atoms with Gasteiger partial charge < -0.3 is 14.6 Å². The van der Waals surface area contributed by atoms with Gasteiger partial charge in [-0.25, -0.2) is 10.4 Å². The zero-order valence-electron chi connectivity index (χ0n) is 25.1. The van der Waals surface area contributed by atoms with Crippen molar-refractivity contribution in [3.8, 4) is 5.75 Å². The fourth-order valence-electron chi connectivity index (χ4n) is 5.23. The summed E-state index contributed by atoms with van der Waals surface area (Å²) in [5.41, 5.74) is 17.0. The van der Waals surface area contributed by atoms with Crippen LogP contribution in [-0.2, 0) is 29.0 Å². The highest BCUT2D eigenvalue weighted by Gasteiger charge is 2.54. The Morgan fingerprint density at radius 1 is 1.04 bits per heavy atom. The summed E-state index contributed by atoms with van der Waals surface area (Å²) in [7, 11) is 0. The molecule has 0 aliphatic carbocycles. The Kier molecular flexibility index (Phi) is 11.8. The largest absolute Gasteiger partial charge is 0.494 e. The molecule has 0 saturated carbocycles. The van der Waals surface area contributed by atoms with Crippen molar-refractivity contribution in [3.63, 3.8) is 0 Å². The van der Waals surface area contributed by atoms with Gasteiger partial charge in [-0.2, -0.15) is 0 Å². The van der Waals surface area contributed by atoms with E-state index in [1.807, 2.05) is 60.7 Å². The third-order valence-electron chi connectivity index (χ3n) is 7.59. The molecule has 0 bridgehead atoms. The Morgan fingerprint density at radius 3 is 2.51 bits per heavy atom. The molecule has 5 rings (SSSR count). The van der Waals surface area contributed by atoms with Crippen molar-refractivity contribution in [2.24, 2.45) is 10.1 Å². The van der Waals surface area contributed by atoms with Crippen LogP contribution in [0.15, 0.2) is 106 Å². The van der Waals surface area contributed by atoms with Crippen molar-refractivity contribution in [1.29, 1.82) is 0 Å². The maximum atomic E-state index is 14.5. The van der Waals surface area contributed by atoms with Crippen LogP contribution in [0.2, 0.25) is 10.0 Å². The number of aliphatic hydroxyl groups is 1. The molecule has 0 unspecified atom stereocenters. The van der Waals surface area contributed by atoms with Crippen LogP contribution in [0.4, 0.5) is 0 Å². The molecule has 1 aliphatic rings. The number of ether oxygens (including phenoxy) is 2. The second-order valence-corrected chi connectivity index (χ2v) is 12.4. The predicted molar refractivity (Wildman–Crippen MR) is 185 cm³/mol. The number of amides is 1. The van der Waals surface area contributed by atoms with Gasteiger partial charge in [-0.1, -0.05) is 92.8 Å². The zero-order chi connectivity index (χ0) is 33.2. The second kappa shape index (κ2) is 16.1. The Balaban J connectivity index is 1.57. The highest BCUT2D eigenvalue weighted by Crippen LogP contribution is 2.44. The van der Waals surface area contributed by atoms with Crippen molar-refractivity contribution in [1.82, 2.24) is 10.9 Å². The second-order valence-electron chi connectivity index (χ2n) is 10.7. The normalized spacial score (nSPS) is 16.9. The number of rotatable bonds is 14. The number of benzene rings is 4. The van der Waals surface area contributed by atoms with Crippen LogP contribution in [0, 0.1) is 0 Å². The van der Waals surface area contributed by atoms with Gasteiger partial charge in [0.1, 0.15) is 5.75 Å². The molecule has 0 radical (unpaired) electrons. The van der Waals surface area contributed by atoms with Crippen molar-refractivity contribution < 1.29 is 19.4 Å². The van der Waals surface area contributed by atoms with Gasteiger partial charge in [0.05, 0.1) is 13.2 Å². The van der Waals surface area contributed by atoms with Gasteiger partial charge in [-0.3, -0.25) is 10.2 Å². The Bertz CT molecular complexity index is 1800. The number of hydrazine groups is 1. The molecule has 2 atom stereocenters. The summed E-state index contributed by atoms with van der Waals surface area (Å²) in [5.74, 6) is 0.443. The summed E-state index contributed by atoms with van der Waals surface area (Å²) < 4.78 is 13.1. The molecule has 0 saturated heterocycles. The fraction of sp³-hybridized carbons (Fsp3) is 0.235. The van der Waals surface area contributed by atoms with E-state index in [1.54, 1.807) is 30.3 Å². The standard InChI is InChI=1S/C34H31BrCl2N6O4/c35-29-9-4-2-6-23(29)19-34(33(45)42-39-21-25-10-13-26(36)18-30(25)37)31(28-8-3-1-7-24(28)20-40-43-38)47-32(41-34)22-11-14-27(15-12-22)46-17-5-16-44/h1-4,6-15,18,31,39,44H,5,16-17,19-21H2,(H,42,45)/t31-,34-/m0/s1. The van der Waals surface area contributed by atoms with Gasteiger partial charge >= 0.3 is 0 Å². The number of azide groups is 1. The molecule has 47 heavy (non-hydrogen) atoms. The number of carbonyl (C=O) groups excluding carboxylic acids is 1. The summed E-state index contributed by atoms with van der Waals surface area (Å²) in [6.45, 7) is 0.692. The Hall–Kier alpha value is -4.09. The molecular weight excluding hydrogens is 707 g/mol. The van der Waals surface area contributed by atoms with E-state index in [1.165, 1.54) is 0 Å². The summed E-state index contributed by atoms with van der Waals surface area (Å²) in [4.78, 5) is 22.6. The zero-order valence-corrected chi connectivity index (χ0v) is 28.2. The van der Waals surface area contributed by atoms with E-state index in [2.05, 4.69) is 36.8 Å². The van der Waals surface area contributed by atoms with E-state index in [0.717, 1.165) is 15.6 Å². The Labute approximate surface area is 290 Å². The average molecular weight is 738 g/mol. The molecule has 0 aromatic heterocycles. The molecule has 0 fully saturated rings. The lowest BCUT2D eigenvalue weighted by molar-refractivity contribution is -0.130. The van der Waals surface area contributed by atoms with Crippen LogP contribution >= 0.6 is 39.1 Å². The number of aliphatic hydroxyl groups excluding tert-OH is 1. The maximum Gasteiger partial charge on any atom is 0.266 e. The van der Waals surface area contributed by atoms with Gasteiger partial charge in [-0.15, -0.1) is 0 Å². The summed E-state index contributed by atoms with van der Waals surface area (Å²) in [6.07, 6.45) is -0.230. The first-order valence-electron chi connectivity index (χ1n) is 14.7. The van der Waals surface area contributed by atoms with E-state index in [9.17, 15) is 4.79 Å². The Morgan fingerprint density at radius 2 is 1.79 bits per heavy atom. The third-order valence-corrected chi connectivity index (χ3v) is 8.95. The summed E-state index contributed by atoms with van der Waals surface area (Å²) in [6, 6.07) is 27.3. The van der Waals surface area contributed by atoms with Gasteiger partial charge in [0.25, 0.3) is 5.91 Å². The SMILES string of the molecule is [N-]=[N+]=NCc1ccccc1[C@@H]1OC(c2ccc(OCCCO)cc2)=N[C@]1(Cc1ccccc1Br)C(=O)NNCc1ccc(Cl)cc1Cl. The fourth-order valence-corrected chi connectivity index (χ4v) is 6.13. The minimum Gasteiger partial charge on any atom is -0.494 e. The number of carbonyl (C=O) groups is 1. The molecule has 1 aliphatic heterocycles. The van der Waals surface area contributed by atoms with Crippen molar-refractivity contribution in [3.05, 3.63) is 144 Å². The van der Waals surface area contributed by atoms with E-state index in [0.29, 0.717) is 45.5 Å². The predicted octanol–water partition coefficient (Wildman–Crippen LogP) is 7.65. The molecule has 3 N–H and O–H groups in total. The molecule has 10 nitrogen and oxygen atoms in total. The van der Waals surface area contributed by atoms with E-state index >= 15 is 0 Å². The van der Waals surface area contributed by atoms with Crippen molar-refractivity contribution in [2.45, 2.75) is 37.6 Å².